The van der Waals surface area contributed by atoms with Crippen molar-refractivity contribution in [1.82, 2.24) is 9.80 Å². The lowest BCUT2D eigenvalue weighted by atomic mass is 9.86. The summed E-state index contributed by atoms with van der Waals surface area (Å²) in [5.74, 6) is -2.56. The largest absolute Gasteiger partial charge is 0.481 e. The van der Waals surface area contributed by atoms with Gasteiger partial charge in [0.05, 0.1) is 0 Å². The third-order valence-corrected chi connectivity index (χ3v) is 4.70. The molecule has 9 heteroatoms. The number of nitrogens with zero attached hydrogens (tertiary/aromatic N) is 2. The van der Waals surface area contributed by atoms with Gasteiger partial charge in [0, 0.05) is 39.0 Å². The minimum absolute atomic E-state index is 0.0641. The molecule has 26 heavy (non-hydrogen) atoms. The lowest BCUT2D eigenvalue weighted by Crippen LogP contribution is -2.47. The second kappa shape index (κ2) is 9.23. The molecule has 1 unspecified atom stereocenters. The SMILES string of the molecule is CCCN(CCC)C(=O)CCCC(=O)N1CCC(C(=O)O)(C(F)(F)F)C1. The number of hydrogen-bond donors (Lipinski definition) is 1. The Bertz CT molecular complexity index is 519. The third kappa shape index (κ3) is 5.11. The maximum atomic E-state index is 13.1. The van der Waals surface area contributed by atoms with Crippen LogP contribution < -0.4 is 0 Å². The molecule has 0 bridgehead atoms. The van der Waals surface area contributed by atoms with Crippen molar-refractivity contribution in [3.8, 4) is 0 Å². The number of likely N-dealkylation sites (tertiary alicyclic amines) is 1. The van der Waals surface area contributed by atoms with Crippen LogP contribution in [0.15, 0.2) is 0 Å². The molecule has 1 rings (SSSR count). The lowest BCUT2D eigenvalue weighted by molar-refractivity contribution is -0.227. The average molecular weight is 380 g/mol. The van der Waals surface area contributed by atoms with Gasteiger partial charge in [-0.1, -0.05) is 13.8 Å². The van der Waals surface area contributed by atoms with Gasteiger partial charge in [-0.25, -0.2) is 0 Å². The molecule has 1 saturated heterocycles. The molecule has 0 aromatic carbocycles. The van der Waals surface area contributed by atoms with Gasteiger partial charge in [-0.2, -0.15) is 13.2 Å². The molecule has 0 aromatic rings. The van der Waals surface area contributed by atoms with Crippen LogP contribution in [0, 0.1) is 5.41 Å². The highest BCUT2D eigenvalue weighted by atomic mass is 19.4. The van der Waals surface area contributed by atoms with Gasteiger partial charge in [-0.3, -0.25) is 14.4 Å². The maximum absolute atomic E-state index is 13.1. The fourth-order valence-electron chi connectivity index (χ4n) is 3.16. The van der Waals surface area contributed by atoms with Gasteiger partial charge in [-0.15, -0.1) is 0 Å². The number of halogens is 3. The fraction of sp³-hybridized carbons (Fsp3) is 0.824. The number of rotatable bonds is 9. The lowest BCUT2D eigenvalue weighted by Gasteiger charge is -2.27. The second-order valence-electron chi connectivity index (χ2n) is 6.68. The minimum Gasteiger partial charge on any atom is -0.481 e. The molecule has 0 aromatic heterocycles. The molecule has 0 aliphatic carbocycles. The van der Waals surface area contributed by atoms with Crippen LogP contribution in [-0.2, 0) is 14.4 Å². The fourth-order valence-corrected chi connectivity index (χ4v) is 3.16. The van der Waals surface area contributed by atoms with Crippen molar-refractivity contribution < 1.29 is 32.7 Å². The van der Waals surface area contributed by atoms with E-state index in [9.17, 15) is 27.6 Å². The molecule has 1 heterocycles. The zero-order chi connectivity index (χ0) is 20.0. The van der Waals surface area contributed by atoms with Crippen molar-refractivity contribution in [2.75, 3.05) is 26.2 Å². The first kappa shape index (κ1) is 22.2. The molecule has 1 atom stereocenters. The topological polar surface area (TPSA) is 77.9 Å². The van der Waals surface area contributed by atoms with Crippen LogP contribution in [0.25, 0.3) is 0 Å². The Labute approximate surface area is 151 Å². The summed E-state index contributed by atoms with van der Waals surface area (Å²) in [4.78, 5) is 38.1. The van der Waals surface area contributed by atoms with Crippen molar-refractivity contribution in [2.45, 2.75) is 58.5 Å². The summed E-state index contributed by atoms with van der Waals surface area (Å²) in [6.07, 6.45) is -3.57. The van der Waals surface area contributed by atoms with Crippen molar-refractivity contribution in [1.29, 1.82) is 0 Å². The number of carboxylic acids is 1. The van der Waals surface area contributed by atoms with Gasteiger partial charge < -0.3 is 14.9 Å². The summed E-state index contributed by atoms with van der Waals surface area (Å²) in [6, 6.07) is 0. The van der Waals surface area contributed by atoms with Crippen molar-refractivity contribution in [2.24, 2.45) is 5.41 Å². The molecule has 0 spiro atoms. The number of carbonyl (C=O) groups excluding carboxylic acids is 2. The highest BCUT2D eigenvalue weighted by Gasteiger charge is 2.64. The molecule has 1 fully saturated rings. The molecule has 1 aliphatic heterocycles. The van der Waals surface area contributed by atoms with E-state index < -0.39 is 36.4 Å². The van der Waals surface area contributed by atoms with Crippen LogP contribution in [-0.4, -0.2) is 65.0 Å². The van der Waals surface area contributed by atoms with Crippen molar-refractivity contribution in [3.63, 3.8) is 0 Å². The second-order valence-corrected chi connectivity index (χ2v) is 6.68. The summed E-state index contributed by atoms with van der Waals surface area (Å²) < 4.78 is 39.4. The number of carboxylic acid groups (broad SMARTS) is 1. The number of amides is 2. The van der Waals surface area contributed by atoms with E-state index in [2.05, 4.69) is 0 Å². The molecule has 2 amide bonds. The highest BCUT2D eigenvalue weighted by molar-refractivity contribution is 5.82. The quantitative estimate of drug-likeness (QED) is 0.667. The van der Waals surface area contributed by atoms with Crippen molar-refractivity contribution >= 4 is 17.8 Å². The van der Waals surface area contributed by atoms with Crippen LogP contribution in [0.5, 0.6) is 0 Å². The molecular weight excluding hydrogens is 353 g/mol. The Hall–Kier alpha value is -1.80. The molecule has 1 N–H and O–H groups in total. The van der Waals surface area contributed by atoms with Crippen LogP contribution in [0.3, 0.4) is 0 Å². The predicted octanol–water partition coefficient (Wildman–Crippen LogP) is 2.67. The van der Waals surface area contributed by atoms with E-state index >= 15 is 0 Å². The van der Waals surface area contributed by atoms with E-state index in [1.54, 1.807) is 4.90 Å². The molecular formula is C17H27F3N2O4. The Morgan fingerprint density at radius 2 is 1.69 bits per heavy atom. The Morgan fingerprint density at radius 3 is 2.12 bits per heavy atom. The van der Waals surface area contributed by atoms with E-state index in [1.165, 1.54) is 0 Å². The Balaban J connectivity index is 2.55. The number of alkyl halides is 3. The van der Waals surface area contributed by atoms with E-state index in [0.717, 1.165) is 17.7 Å². The molecule has 0 radical (unpaired) electrons. The highest BCUT2D eigenvalue weighted by Crippen LogP contribution is 2.45. The Morgan fingerprint density at radius 1 is 1.12 bits per heavy atom. The van der Waals surface area contributed by atoms with Gasteiger partial charge in [-0.05, 0) is 25.7 Å². The first-order valence-electron chi connectivity index (χ1n) is 8.94. The first-order valence-corrected chi connectivity index (χ1v) is 8.94. The summed E-state index contributed by atoms with van der Waals surface area (Å²) in [6.45, 7) is 4.09. The van der Waals surface area contributed by atoms with E-state index in [-0.39, 0.29) is 31.7 Å². The van der Waals surface area contributed by atoms with E-state index in [0.29, 0.717) is 13.1 Å². The Kier molecular flexibility index (Phi) is 7.89. The molecule has 150 valence electrons. The van der Waals surface area contributed by atoms with Crippen LogP contribution in [0.1, 0.15) is 52.4 Å². The predicted molar refractivity (Wildman–Crippen MR) is 88.3 cm³/mol. The molecule has 1 aliphatic rings. The van der Waals surface area contributed by atoms with Gasteiger partial charge in [0.25, 0.3) is 0 Å². The number of carbonyl (C=O) groups is 3. The smallest absolute Gasteiger partial charge is 0.406 e. The van der Waals surface area contributed by atoms with E-state index in [4.69, 9.17) is 5.11 Å². The summed E-state index contributed by atoms with van der Waals surface area (Å²) in [5.41, 5.74) is -2.89. The monoisotopic (exact) mass is 380 g/mol. The standard InChI is InChI=1S/C17H27F3N2O4/c1-3-9-21(10-4-2)13(23)6-5-7-14(24)22-11-8-16(12-22,15(25)26)17(18,19)20/h3-12H2,1-2H3,(H,25,26). The number of hydrogen-bond acceptors (Lipinski definition) is 3. The van der Waals surface area contributed by atoms with Gasteiger partial charge in [0.15, 0.2) is 5.41 Å². The average Bonchev–Trinajstić information content (AvgIpc) is 3.01. The third-order valence-electron chi connectivity index (χ3n) is 4.70. The summed E-state index contributed by atoms with van der Waals surface area (Å²) in [5, 5.41) is 9.00. The van der Waals surface area contributed by atoms with Crippen molar-refractivity contribution in [3.05, 3.63) is 0 Å². The van der Waals surface area contributed by atoms with E-state index in [1.807, 2.05) is 13.8 Å². The normalized spacial score (nSPS) is 20.3. The molecule has 6 nitrogen and oxygen atoms in total. The molecule has 0 saturated carbocycles. The van der Waals surface area contributed by atoms with Crippen LogP contribution in [0.4, 0.5) is 13.2 Å². The zero-order valence-corrected chi connectivity index (χ0v) is 15.3. The van der Waals surface area contributed by atoms with Gasteiger partial charge in [0.2, 0.25) is 11.8 Å². The zero-order valence-electron chi connectivity index (χ0n) is 15.3. The minimum atomic E-state index is -4.91. The number of aliphatic carboxylic acids is 1. The maximum Gasteiger partial charge on any atom is 0.406 e. The first-order chi connectivity index (χ1) is 12.1. The van der Waals surface area contributed by atoms with Crippen LogP contribution >= 0.6 is 0 Å². The van der Waals surface area contributed by atoms with Crippen LogP contribution in [0.2, 0.25) is 0 Å². The summed E-state index contributed by atoms with van der Waals surface area (Å²) in [7, 11) is 0. The van der Waals surface area contributed by atoms with Gasteiger partial charge in [0.1, 0.15) is 0 Å². The summed E-state index contributed by atoms with van der Waals surface area (Å²) >= 11 is 0. The van der Waals surface area contributed by atoms with Gasteiger partial charge >= 0.3 is 12.1 Å².